The summed E-state index contributed by atoms with van der Waals surface area (Å²) in [7, 11) is 0. The lowest BCUT2D eigenvalue weighted by Crippen LogP contribution is -2.31. The fourth-order valence-corrected chi connectivity index (χ4v) is 2.74. The summed E-state index contributed by atoms with van der Waals surface area (Å²) >= 11 is 0. The highest BCUT2D eigenvalue weighted by Gasteiger charge is 2.12. The Bertz CT molecular complexity index is 1000. The van der Waals surface area contributed by atoms with Crippen molar-refractivity contribution < 1.29 is 29.1 Å². The number of nitro groups is 1. The molecule has 32 heavy (non-hydrogen) atoms. The van der Waals surface area contributed by atoms with Crippen molar-refractivity contribution in [2.45, 2.75) is 20.8 Å². The van der Waals surface area contributed by atoms with Crippen LogP contribution in [0.2, 0.25) is 0 Å². The van der Waals surface area contributed by atoms with Crippen LogP contribution >= 0.6 is 0 Å². The predicted octanol–water partition coefficient (Wildman–Crippen LogP) is 3.96. The average Bonchev–Trinajstić information content (AvgIpc) is 2.72. The van der Waals surface area contributed by atoms with Crippen LogP contribution in [0.25, 0.3) is 0 Å². The van der Waals surface area contributed by atoms with E-state index >= 15 is 0 Å². The van der Waals surface area contributed by atoms with E-state index in [1.165, 1.54) is 26.0 Å². The van der Waals surface area contributed by atoms with E-state index in [9.17, 15) is 24.8 Å². The van der Waals surface area contributed by atoms with Crippen molar-refractivity contribution in [1.82, 2.24) is 0 Å². The quantitative estimate of drug-likeness (QED) is 0.251. The summed E-state index contributed by atoms with van der Waals surface area (Å²) in [5, 5.41) is 28.8. The number of nitrogens with zero attached hydrogens (tertiary/aromatic N) is 4. The Hall–Kier alpha value is -4.02. The molecule has 2 aromatic carbocycles. The maximum Gasteiger partial charge on any atom is 0.302 e. The minimum atomic E-state index is -0.613. The molecule has 0 bridgehead atoms. The lowest BCUT2D eigenvalue weighted by Gasteiger charge is -2.25. The summed E-state index contributed by atoms with van der Waals surface area (Å²) in [5.74, 6) is -1.11. The molecule has 0 fully saturated rings. The van der Waals surface area contributed by atoms with Gasteiger partial charge in [-0.2, -0.15) is 5.11 Å². The van der Waals surface area contributed by atoms with E-state index < -0.39 is 4.92 Å². The maximum atomic E-state index is 11.0. The number of hydrogen-bond acceptors (Lipinski definition) is 10. The van der Waals surface area contributed by atoms with Crippen LogP contribution in [0.4, 0.5) is 22.7 Å². The van der Waals surface area contributed by atoms with Crippen LogP contribution < -0.4 is 4.90 Å². The summed E-state index contributed by atoms with van der Waals surface area (Å²) in [6.45, 7) is 5.63. The minimum absolute atomic E-state index is 0.100. The zero-order valence-electron chi connectivity index (χ0n) is 18.0. The molecule has 11 nitrogen and oxygen atoms in total. The molecule has 0 aliphatic carbocycles. The molecule has 1 N–H and O–H groups in total. The number of phenols is 1. The average molecular weight is 444 g/mol. The number of anilines is 1. The molecule has 0 spiro atoms. The lowest BCUT2D eigenvalue weighted by molar-refractivity contribution is -0.384. The predicted molar refractivity (Wildman–Crippen MR) is 116 cm³/mol. The van der Waals surface area contributed by atoms with Gasteiger partial charge in [0.25, 0.3) is 5.69 Å². The number of aromatic hydroxyl groups is 1. The second-order valence-electron chi connectivity index (χ2n) is 6.77. The Kier molecular flexibility index (Phi) is 8.63. The van der Waals surface area contributed by atoms with E-state index in [1.807, 2.05) is 17.9 Å². The van der Waals surface area contributed by atoms with E-state index in [0.29, 0.717) is 18.8 Å². The smallest absolute Gasteiger partial charge is 0.302 e. The van der Waals surface area contributed by atoms with Crippen LogP contribution in [0.5, 0.6) is 5.75 Å². The Morgan fingerprint density at radius 2 is 1.56 bits per heavy atom. The molecule has 0 amide bonds. The first-order chi connectivity index (χ1) is 15.2. The van der Waals surface area contributed by atoms with E-state index in [2.05, 4.69) is 10.2 Å². The van der Waals surface area contributed by atoms with E-state index in [1.54, 1.807) is 12.1 Å². The van der Waals surface area contributed by atoms with Gasteiger partial charge in [0.1, 0.15) is 24.7 Å². The summed E-state index contributed by atoms with van der Waals surface area (Å²) in [5.41, 5.74) is 1.97. The van der Waals surface area contributed by atoms with Gasteiger partial charge in [0, 0.05) is 25.6 Å². The third-order valence-corrected chi connectivity index (χ3v) is 4.31. The Labute approximate surface area is 184 Å². The van der Waals surface area contributed by atoms with Crippen LogP contribution in [-0.4, -0.2) is 48.3 Å². The molecule has 0 unspecified atom stereocenters. The highest BCUT2D eigenvalue weighted by atomic mass is 16.6. The fraction of sp³-hybridized carbons (Fsp3) is 0.333. The van der Waals surface area contributed by atoms with E-state index in [-0.39, 0.29) is 42.3 Å². The number of benzene rings is 2. The molecule has 0 aliphatic rings. The molecule has 2 aromatic rings. The van der Waals surface area contributed by atoms with E-state index in [4.69, 9.17) is 9.47 Å². The maximum absolute atomic E-state index is 11.0. The standard InChI is InChI=1S/C21H24N4O7/c1-14-12-17(24(8-10-31-15(2)26)9-11-32-16(3)27)4-6-19(14)22-23-20-7-5-18(25(29)30)13-21(20)28/h4-7,12-13,28H,8-11H2,1-3H3. The number of non-ortho nitro benzene ring substituents is 1. The van der Waals surface area contributed by atoms with Gasteiger partial charge in [-0.25, -0.2) is 0 Å². The Morgan fingerprint density at radius 3 is 2.06 bits per heavy atom. The van der Waals surface area contributed by atoms with Gasteiger partial charge in [0.15, 0.2) is 0 Å². The van der Waals surface area contributed by atoms with Crippen molar-refractivity contribution in [2.75, 3.05) is 31.2 Å². The molecule has 2 rings (SSSR count). The van der Waals surface area contributed by atoms with Crippen molar-refractivity contribution >= 4 is 34.7 Å². The van der Waals surface area contributed by atoms with Crippen molar-refractivity contribution in [2.24, 2.45) is 10.2 Å². The van der Waals surface area contributed by atoms with Crippen molar-refractivity contribution in [3.8, 4) is 5.75 Å². The highest BCUT2D eigenvalue weighted by molar-refractivity contribution is 5.66. The van der Waals surface area contributed by atoms with Crippen LogP contribution in [0, 0.1) is 17.0 Å². The zero-order chi connectivity index (χ0) is 23.7. The fourth-order valence-electron chi connectivity index (χ4n) is 2.74. The number of aryl methyl sites for hydroxylation is 1. The lowest BCUT2D eigenvalue weighted by atomic mass is 10.1. The topological polar surface area (TPSA) is 144 Å². The molecular formula is C21H24N4O7. The summed E-state index contributed by atoms with van der Waals surface area (Å²) in [4.78, 5) is 34.1. The Morgan fingerprint density at radius 1 is 1.00 bits per heavy atom. The molecule has 0 aromatic heterocycles. The number of esters is 2. The molecular weight excluding hydrogens is 420 g/mol. The summed E-state index contributed by atoms with van der Waals surface area (Å²) in [6.07, 6.45) is 0. The monoisotopic (exact) mass is 444 g/mol. The number of carbonyl (C=O) groups excluding carboxylic acids is 2. The van der Waals surface area contributed by atoms with Gasteiger partial charge in [-0.05, 0) is 36.8 Å². The van der Waals surface area contributed by atoms with Gasteiger partial charge in [0.05, 0.1) is 29.8 Å². The first-order valence-electron chi connectivity index (χ1n) is 9.69. The molecule has 0 atom stereocenters. The molecule has 0 saturated heterocycles. The van der Waals surface area contributed by atoms with Crippen LogP contribution in [0.1, 0.15) is 19.4 Å². The molecule has 0 radical (unpaired) electrons. The zero-order valence-corrected chi connectivity index (χ0v) is 18.0. The largest absolute Gasteiger partial charge is 0.505 e. The van der Waals surface area contributed by atoms with Crippen LogP contribution in [-0.2, 0) is 19.1 Å². The number of carbonyl (C=O) groups is 2. The van der Waals surface area contributed by atoms with Crippen LogP contribution in [0.15, 0.2) is 46.6 Å². The van der Waals surface area contributed by atoms with Gasteiger partial charge in [-0.15, -0.1) is 5.11 Å². The van der Waals surface area contributed by atoms with Gasteiger partial charge in [-0.3, -0.25) is 19.7 Å². The van der Waals surface area contributed by atoms with Crippen molar-refractivity contribution in [1.29, 1.82) is 0 Å². The van der Waals surface area contributed by atoms with Gasteiger partial charge < -0.3 is 19.5 Å². The van der Waals surface area contributed by atoms with Gasteiger partial charge >= 0.3 is 11.9 Å². The summed E-state index contributed by atoms with van der Waals surface area (Å²) in [6, 6.07) is 8.92. The normalized spacial score (nSPS) is 10.7. The van der Waals surface area contributed by atoms with Crippen LogP contribution in [0.3, 0.4) is 0 Å². The molecule has 11 heteroatoms. The first kappa shape index (κ1) is 24.3. The second-order valence-corrected chi connectivity index (χ2v) is 6.77. The van der Waals surface area contributed by atoms with Crippen molar-refractivity contribution in [3.05, 3.63) is 52.1 Å². The molecule has 0 heterocycles. The minimum Gasteiger partial charge on any atom is -0.505 e. The molecule has 0 aliphatic heterocycles. The first-order valence-corrected chi connectivity index (χ1v) is 9.69. The number of azo groups is 1. The molecule has 170 valence electrons. The third-order valence-electron chi connectivity index (χ3n) is 4.31. The Balaban J connectivity index is 2.17. The number of nitro benzene ring substituents is 1. The van der Waals surface area contributed by atoms with Gasteiger partial charge in [-0.1, -0.05) is 0 Å². The van der Waals surface area contributed by atoms with Crippen molar-refractivity contribution in [3.63, 3.8) is 0 Å². The van der Waals surface area contributed by atoms with E-state index in [0.717, 1.165) is 17.3 Å². The van der Waals surface area contributed by atoms with Gasteiger partial charge in [0.2, 0.25) is 0 Å². The third kappa shape index (κ3) is 7.35. The highest BCUT2D eigenvalue weighted by Crippen LogP contribution is 2.33. The molecule has 0 saturated carbocycles. The number of phenolic OH excluding ortho intramolecular Hbond substituents is 1. The number of rotatable bonds is 10. The SMILES string of the molecule is CC(=O)OCCN(CCOC(C)=O)c1ccc(N=Nc2ccc([N+](=O)[O-])cc2O)c(C)c1. The number of ether oxygens (including phenoxy) is 2. The second kappa shape index (κ2) is 11.4. The number of hydrogen-bond donors (Lipinski definition) is 1. The summed E-state index contributed by atoms with van der Waals surface area (Å²) < 4.78 is 10.0.